The van der Waals surface area contributed by atoms with Gasteiger partial charge in [-0.15, -0.1) is 0 Å². The molecule has 0 bridgehead atoms. The van der Waals surface area contributed by atoms with Gasteiger partial charge >= 0.3 is 0 Å². The minimum atomic E-state index is -0.0276. The van der Waals surface area contributed by atoms with Crippen molar-refractivity contribution in [3.8, 4) is 0 Å². The van der Waals surface area contributed by atoms with Crippen molar-refractivity contribution < 1.29 is 4.79 Å². The second-order valence-corrected chi connectivity index (χ2v) is 3.23. The number of carbonyl (C=O) groups excluding carboxylic acids is 1. The number of hydrogen-bond donors (Lipinski definition) is 1. The van der Waals surface area contributed by atoms with Gasteiger partial charge in [0.1, 0.15) is 5.69 Å². The summed E-state index contributed by atoms with van der Waals surface area (Å²) in [7, 11) is 0. The first kappa shape index (κ1) is 9.86. The quantitative estimate of drug-likeness (QED) is 0.711. The van der Waals surface area contributed by atoms with Gasteiger partial charge in [0.05, 0.1) is 0 Å². The third-order valence-electron chi connectivity index (χ3n) is 1.87. The van der Waals surface area contributed by atoms with Crippen LogP contribution < -0.4 is 5.73 Å². The summed E-state index contributed by atoms with van der Waals surface area (Å²) in [5.74, 6) is 0.0289. The highest BCUT2D eigenvalue weighted by Gasteiger charge is 2.14. The van der Waals surface area contributed by atoms with E-state index in [2.05, 4.69) is 4.98 Å². The number of aromatic nitrogens is 1. The molecule has 1 rings (SSSR count). The molecule has 70 valence electrons. The van der Waals surface area contributed by atoms with Gasteiger partial charge in [0.15, 0.2) is 5.78 Å². The SMILES string of the molecule is CC(C)C(=O)c1ncccc1CN. The van der Waals surface area contributed by atoms with Gasteiger partial charge in [-0.25, -0.2) is 0 Å². The molecule has 0 amide bonds. The predicted octanol–water partition coefficient (Wildman–Crippen LogP) is 1.38. The van der Waals surface area contributed by atoms with E-state index in [0.717, 1.165) is 5.56 Å². The number of nitrogens with zero attached hydrogens (tertiary/aromatic N) is 1. The number of nitrogens with two attached hydrogens (primary N) is 1. The summed E-state index contributed by atoms with van der Waals surface area (Å²) in [6.07, 6.45) is 1.62. The molecule has 0 atom stereocenters. The van der Waals surface area contributed by atoms with Gasteiger partial charge in [0.25, 0.3) is 0 Å². The fraction of sp³-hybridized carbons (Fsp3) is 0.400. The van der Waals surface area contributed by atoms with Gasteiger partial charge in [-0.1, -0.05) is 19.9 Å². The van der Waals surface area contributed by atoms with E-state index in [1.165, 1.54) is 0 Å². The Kier molecular flexibility index (Phi) is 3.14. The monoisotopic (exact) mass is 178 g/mol. The maximum Gasteiger partial charge on any atom is 0.184 e. The Morgan fingerprint density at radius 2 is 2.31 bits per heavy atom. The average Bonchev–Trinajstić information content (AvgIpc) is 2.16. The molecule has 13 heavy (non-hydrogen) atoms. The average molecular weight is 178 g/mol. The standard InChI is InChI=1S/C10H14N2O/c1-7(2)10(13)9-8(6-11)4-3-5-12-9/h3-5,7H,6,11H2,1-2H3. The zero-order valence-corrected chi connectivity index (χ0v) is 7.95. The molecule has 0 aliphatic carbocycles. The lowest BCUT2D eigenvalue weighted by Gasteiger charge is -2.06. The molecule has 0 fully saturated rings. The van der Waals surface area contributed by atoms with Crippen LogP contribution in [-0.2, 0) is 6.54 Å². The van der Waals surface area contributed by atoms with E-state index in [1.807, 2.05) is 19.9 Å². The molecule has 0 saturated heterocycles. The fourth-order valence-electron chi connectivity index (χ4n) is 1.10. The Bertz CT molecular complexity index is 308. The van der Waals surface area contributed by atoms with E-state index < -0.39 is 0 Å². The Balaban J connectivity index is 3.06. The Labute approximate surface area is 78.0 Å². The van der Waals surface area contributed by atoms with Gasteiger partial charge in [0.2, 0.25) is 0 Å². The van der Waals surface area contributed by atoms with Gasteiger partial charge in [-0.05, 0) is 11.6 Å². The number of ketones is 1. The van der Waals surface area contributed by atoms with Crippen LogP contribution in [0.15, 0.2) is 18.3 Å². The number of pyridine rings is 1. The Morgan fingerprint density at radius 1 is 1.62 bits per heavy atom. The largest absolute Gasteiger partial charge is 0.326 e. The minimum Gasteiger partial charge on any atom is -0.326 e. The number of carbonyl (C=O) groups is 1. The molecule has 3 nitrogen and oxygen atoms in total. The van der Waals surface area contributed by atoms with Crippen molar-refractivity contribution in [1.29, 1.82) is 0 Å². The Hall–Kier alpha value is -1.22. The first-order chi connectivity index (χ1) is 6.16. The molecule has 2 N–H and O–H groups in total. The lowest BCUT2D eigenvalue weighted by atomic mass is 10.0. The third kappa shape index (κ3) is 2.12. The zero-order valence-electron chi connectivity index (χ0n) is 7.95. The molecule has 0 radical (unpaired) electrons. The normalized spacial score (nSPS) is 10.5. The molecule has 3 heteroatoms. The zero-order chi connectivity index (χ0) is 9.84. The highest BCUT2D eigenvalue weighted by Crippen LogP contribution is 2.10. The number of hydrogen-bond acceptors (Lipinski definition) is 3. The van der Waals surface area contributed by atoms with E-state index in [1.54, 1.807) is 12.3 Å². The summed E-state index contributed by atoms with van der Waals surface area (Å²) in [6.45, 7) is 4.08. The van der Waals surface area contributed by atoms with Crippen molar-refractivity contribution in [3.63, 3.8) is 0 Å². The van der Waals surface area contributed by atoms with Crippen LogP contribution in [-0.4, -0.2) is 10.8 Å². The third-order valence-corrected chi connectivity index (χ3v) is 1.87. The summed E-state index contributed by atoms with van der Waals surface area (Å²) in [5.41, 5.74) is 6.83. The van der Waals surface area contributed by atoms with Crippen molar-refractivity contribution in [1.82, 2.24) is 4.98 Å². The van der Waals surface area contributed by atoms with Crippen LogP contribution in [0.25, 0.3) is 0 Å². The van der Waals surface area contributed by atoms with Crippen LogP contribution >= 0.6 is 0 Å². The Morgan fingerprint density at radius 3 is 2.85 bits per heavy atom. The molecule has 0 saturated carbocycles. The van der Waals surface area contributed by atoms with Crippen molar-refractivity contribution in [3.05, 3.63) is 29.6 Å². The number of rotatable bonds is 3. The minimum absolute atomic E-state index is 0.0276. The molecular weight excluding hydrogens is 164 g/mol. The van der Waals surface area contributed by atoms with Crippen LogP contribution in [0.4, 0.5) is 0 Å². The van der Waals surface area contributed by atoms with Gasteiger partial charge < -0.3 is 5.73 Å². The summed E-state index contributed by atoms with van der Waals surface area (Å²) < 4.78 is 0. The van der Waals surface area contributed by atoms with Crippen molar-refractivity contribution in [2.45, 2.75) is 20.4 Å². The van der Waals surface area contributed by atoms with E-state index in [-0.39, 0.29) is 11.7 Å². The summed E-state index contributed by atoms with van der Waals surface area (Å²) in [6, 6.07) is 3.63. The van der Waals surface area contributed by atoms with Crippen LogP contribution in [0.3, 0.4) is 0 Å². The highest BCUT2D eigenvalue weighted by atomic mass is 16.1. The van der Waals surface area contributed by atoms with Crippen molar-refractivity contribution in [2.75, 3.05) is 0 Å². The van der Waals surface area contributed by atoms with Gasteiger partial charge in [-0.3, -0.25) is 9.78 Å². The maximum absolute atomic E-state index is 11.6. The molecule has 1 heterocycles. The summed E-state index contributed by atoms with van der Waals surface area (Å²) >= 11 is 0. The lowest BCUT2D eigenvalue weighted by Crippen LogP contribution is -2.14. The van der Waals surface area contributed by atoms with E-state index in [4.69, 9.17) is 5.73 Å². The van der Waals surface area contributed by atoms with Crippen molar-refractivity contribution >= 4 is 5.78 Å². The van der Waals surface area contributed by atoms with Crippen molar-refractivity contribution in [2.24, 2.45) is 11.7 Å². The van der Waals surface area contributed by atoms with Crippen LogP contribution in [0.5, 0.6) is 0 Å². The molecule has 0 spiro atoms. The molecule has 1 aromatic heterocycles. The molecule has 0 unspecified atom stereocenters. The lowest BCUT2D eigenvalue weighted by molar-refractivity contribution is 0.0933. The number of Topliss-reactive ketones (excluding diaryl/α,β-unsaturated/α-hetero) is 1. The topological polar surface area (TPSA) is 56.0 Å². The second-order valence-electron chi connectivity index (χ2n) is 3.23. The molecule has 0 aliphatic rings. The molecular formula is C10H14N2O. The summed E-state index contributed by atoms with van der Waals surface area (Å²) in [4.78, 5) is 15.6. The van der Waals surface area contributed by atoms with E-state index in [9.17, 15) is 4.79 Å². The van der Waals surface area contributed by atoms with Gasteiger partial charge in [0, 0.05) is 18.7 Å². The van der Waals surface area contributed by atoms with E-state index >= 15 is 0 Å². The second kappa shape index (κ2) is 4.14. The molecule has 0 aromatic carbocycles. The van der Waals surface area contributed by atoms with E-state index in [0.29, 0.717) is 12.2 Å². The first-order valence-electron chi connectivity index (χ1n) is 4.35. The predicted molar refractivity (Wildman–Crippen MR) is 51.3 cm³/mol. The fourth-order valence-corrected chi connectivity index (χ4v) is 1.10. The molecule has 0 aliphatic heterocycles. The smallest absolute Gasteiger partial charge is 0.184 e. The highest BCUT2D eigenvalue weighted by molar-refractivity contribution is 5.96. The molecule has 1 aromatic rings. The van der Waals surface area contributed by atoms with Crippen LogP contribution in [0, 0.1) is 5.92 Å². The van der Waals surface area contributed by atoms with Crippen LogP contribution in [0.2, 0.25) is 0 Å². The maximum atomic E-state index is 11.6. The van der Waals surface area contributed by atoms with Gasteiger partial charge in [-0.2, -0.15) is 0 Å². The summed E-state index contributed by atoms with van der Waals surface area (Å²) in [5, 5.41) is 0. The first-order valence-corrected chi connectivity index (χ1v) is 4.35. The van der Waals surface area contributed by atoms with Crippen LogP contribution in [0.1, 0.15) is 29.9 Å².